The van der Waals surface area contributed by atoms with Gasteiger partial charge in [0.25, 0.3) is 0 Å². The van der Waals surface area contributed by atoms with Crippen LogP contribution in [0.15, 0.2) is 36.4 Å². The Balaban J connectivity index is 1.88. The molecule has 0 radical (unpaired) electrons. The molecule has 2 N–H and O–H groups in total. The van der Waals surface area contributed by atoms with Crippen LogP contribution in [0.3, 0.4) is 0 Å². The monoisotopic (exact) mass is 270 g/mol. The molecule has 1 atom stereocenters. The number of fused-ring (bicyclic) bond motifs is 1. The molecule has 1 heterocycles. The van der Waals surface area contributed by atoms with E-state index in [2.05, 4.69) is 22.3 Å². The fraction of sp³-hybridized carbons (Fsp3) is 0.412. The van der Waals surface area contributed by atoms with Gasteiger partial charge in [-0.1, -0.05) is 30.3 Å². The number of nitrogens with zero attached hydrogens (tertiary/aromatic N) is 1. The number of piperidine rings is 1. The molecule has 3 rings (SSSR count). The first-order valence-electron chi connectivity index (χ1n) is 7.37. The lowest BCUT2D eigenvalue weighted by Crippen LogP contribution is -2.43. The van der Waals surface area contributed by atoms with Gasteiger partial charge in [-0.3, -0.25) is 4.90 Å². The third-order valence-corrected chi connectivity index (χ3v) is 4.31. The van der Waals surface area contributed by atoms with Crippen LogP contribution in [0.1, 0.15) is 18.4 Å². The lowest BCUT2D eigenvalue weighted by molar-refractivity contribution is 0.187. The number of hydrogen-bond donors (Lipinski definition) is 2. The molecular formula is C17H22N2O. The predicted molar refractivity (Wildman–Crippen MR) is 83.0 cm³/mol. The molecule has 1 aliphatic rings. The second-order valence-corrected chi connectivity index (χ2v) is 5.65. The van der Waals surface area contributed by atoms with E-state index in [0.717, 1.165) is 25.2 Å². The van der Waals surface area contributed by atoms with Crippen molar-refractivity contribution >= 4 is 10.8 Å². The standard InChI is InChI=1S/C17H22N2O/c1-18-14-6-4-10-19(11-14)12-16-15-7-3-2-5-13(15)8-9-17(16)20/h2-3,5,7-9,14,18,20H,4,6,10-12H2,1H3. The maximum atomic E-state index is 10.2. The van der Waals surface area contributed by atoms with Crippen molar-refractivity contribution < 1.29 is 5.11 Å². The summed E-state index contributed by atoms with van der Waals surface area (Å²) in [6, 6.07) is 12.7. The molecule has 20 heavy (non-hydrogen) atoms. The number of nitrogens with one attached hydrogen (secondary N) is 1. The first kappa shape index (κ1) is 13.4. The molecule has 3 heteroatoms. The second-order valence-electron chi connectivity index (χ2n) is 5.65. The smallest absolute Gasteiger partial charge is 0.120 e. The van der Waals surface area contributed by atoms with Gasteiger partial charge in [0.2, 0.25) is 0 Å². The largest absolute Gasteiger partial charge is 0.508 e. The fourth-order valence-corrected chi connectivity index (χ4v) is 3.15. The molecule has 0 bridgehead atoms. The van der Waals surface area contributed by atoms with Crippen molar-refractivity contribution in [2.24, 2.45) is 0 Å². The molecule has 0 amide bonds. The van der Waals surface area contributed by atoms with Crippen molar-refractivity contribution in [2.45, 2.75) is 25.4 Å². The van der Waals surface area contributed by atoms with Gasteiger partial charge in [-0.2, -0.15) is 0 Å². The van der Waals surface area contributed by atoms with Crippen molar-refractivity contribution in [2.75, 3.05) is 20.1 Å². The molecule has 0 saturated carbocycles. The number of benzene rings is 2. The minimum Gasteiger partial charge on any atom is -0.508 e. The summed E-state index contributed by atoms with van der Waals surface area (Å²) < 4.78 is 0. The number of likely N-dealkylation sites (tertiary alicyclic amines) is 1. The Hall–Kier alpha value is -1.58. The molecule has 2 aromatic rings. The second kappa shape index (κ2) is 5.81. The van der Waals surface area contributed by atoms with Gasteiger partial charge in [-0.25, -0.2) is 0 Å². The van der Waals surface area contributed by atoms with Crippen molar-refractivity contribution in [3.8, 4) is 5.75 Å². The molecule has 0 aromatic heterocycles. The SMILES string of the molecule is CNC1CCCN(Cc2c(O)ccc3ccccc23)C1. The van der Waals surface area contributed by atoms with Gasteiger partial charge in [-0.05, 0) is 43.3 Å². The van der Waals surface area contributed by atoms with E-state index < -0.39 is 0 Å². The van der Waals surface area contributed by atoms with Crippen molar-refractivity contribution in [3.05, 3.63) is 42.0 Å². The molecule has 0 aliphatic carbocycles. The van der Waals surface area contributed by atoms with Gasteiger partial charge < -0.3 is 10.4 Å². The Kier molecular flexibility index (Phi) is 3.90. The number of likely N-dealkylation sites (N-methyl/N-ethyl adjacent to an activating group) is 1. The summed E-state index contributed by atoms with van der Waals surface area (Å²) in [5.41, 5.74) is 1.06. The third-order valence-electron chi connectivity index (χ3n) is 4.31. The number of rotatable bonds is 3. The average Bonchev–Trinajstić information content (AvgIpc) is 2.50. The van der Waals surface area contributed by atoms with Crippen LogP contribution in [0.25, 0.3) is 10.8 Å². The van der Waals surface area contributed by atoms with E-state index >= 15 is 0 Å². The van der Waals surface area contributed by atoms with Crippen LogP contribution in [0.2, 0.25) is 0 Å². The van der Waals surface area contributed by atoms with Gasteiger partial charge in [0, 0.05) is 24.7 Å². The first-order valence-corrected chi connectivity index (χ1v) is 7.37. The molecule has 106 valence electrons. The van der Waals surface area contributed by atoms with Gasteiger partial charge >= 0.3 is 0 Å². The Morgan fingerprint density at radius 3 is 2.95 bits per heavy atom. The van der Waals surface area contributed by atoms with E-state index in [1.165, 1.54) is 23.6 Å². The maximum absolute atomic E-state index is 10.2. The maximum Gasteiger partial charge on any atom is 0.120 e. The highest BCUT2D eigenvalue weighted by Crippen LogP contribution is 2.29. The van der Waals surface area contributed by atoms with Crippen LogP contribution in [0, 0.1) is 0 Å². The number of hydrogen-bond acceptors (Lipinski definition) is 3. The summed E-state index contributed by atoms with van der Waals surface area (Å²) in [6.45, 7) is 2.99. The molecule has 1 saturated heterocycles. The zero-order chi connectivity index (χ0) is 13.9. The zero-order valence-corrected chi connectivity index (χ0v) is 12.0. The number of aromatic hydroxyl groups is 1. The van der Waals surface area contributed by atoms with Crippen LogP contribution < -0.4 is 5.32 Å². The van der Waals surface area contributed by atoms with Crippen LogP contribution in [0.5, 0.6) is 5.75 Å². The predicted octanol–water partition coefficient (Wildman–Crippen LogP) is 2.73. The summed E-state index contributed by atoms with van der Waals surface area (Å²) >= 11 is 0. The zero-order valence-electron chi connectivity index (χ0n) is 12.0. The Bertz CT molecular complexity index is 597. The molecule has 3 nitrogen and oxygen atoms in total. The Morgan fingerprint density at radius 2 is 2.10 bits per heavy atom. The Morgan fingerprint density at radius 1 is 1.25 bits per heavy atom. The lowest BCUT2D eigenvalue weighted by atomic mass is 10.0. The van der Waals surface area contributed by atoms with E-state index in [0.29, 0.717) is 11.8 Å². The van der Waals surface area contributed by atoms with E-state index in [1.54, 1.807) is 0 Å². The van der Waals surface area contributed by atoms with E-state index in [1.807, 2.05) is 31.3 Å². The fourth-order valence-electron chi connectivity index (χ4n) is 3.15. The molecular weight excluding hydrogens is 248 g/mol. The van der Waals surface area contributed by atoms with E-state index in [9.17, 15) is 5.11 Å². The van der Waals surface area contributed by atoms with Gasteiger partial charge in [-0.15, -0.1) is 0 Å². The first-order chi connectivity index (χ1) is 9.78. The van der Waals surface area contributed by atoms with Crippen molar-refractivity contribution in [1.29, 1.82) is 0 Å². The Labute approximate surface area is 120 Å². The van der Waals surface area contributed by atoms with Crippen molar-refractivity contribution in [1.82, 2.24) is 10.2 Å². The normalized spacial score (nSPS) is 20.4. The van der Waals surface area contributed by atoms with E-state index in [4.69, 9.17) is 0 Å². The summed E-state index contributed by atoms with van der Waals surface area (Å²) in [6.07, 6.45) is 2.46. The van der Waals surface area contributed by atoms with Crippen molar-refractivity contribution in [3.63, 3.8) is 0 Å². The summed E-state index contributed by atoms with van der Waals surface area (Å²) in [5.74, 6) is 0.412. The van der Waals surface area contributed by atoms with Crippen LogP contribution >= 0.6 is 0 Å². The topological polar surface area (TPSA) is 35.5 Å². The minimum absolute atomic E-state index is 0.412. The van der Waals surface area contributed by atoms with Gasteiger partial charge in [0.05, 0.1) is 0 Å². The van der Waals surface area contributed by atoms with Gasteiger partial charge in [0.15, 0.2) is 0 Å². The molecule has 0 spiro atoms. The highest BCUT2D eigenvalue weighted by molar-refractivity contribution is 5.87. The summed E-state index contributed by atoms with van der Waals surface area (Å²) in [7, 11) is 2.03. The average molecular weight is 270 g/mol. The van der Waals surface area contributed by atoms with Gasteiger partial charge in [0.1, 0.15) is 5.75 Å². The lowest BCUT2D eigenvalue weighted by Gasteiger charge is -2.32. The van der Waals surface area contributed by atoms with E-state index in [-0.39, 0.29) is 0 Å². The highest BCUT2D eigenvalue weighted by atomic mass is 16.3. The molecule has 1 fully saturated rings. The number of phenols is 1. The number of phenolic OH excluding ortho intramolecular Hbond substituents is 1. The van der Waals surface area contributed by atoms with Crippen LogP contribution in [-0.2, 0) is 6.54 Å². The van der Waals surface area contributed by atoms with Crippen LogP contribution in [-0.4, -0.2) is 36.2 Å². The molecule has 1 unspecified atom stereocenters. The molecule has 2 aromatic carbocycles. The molecule has 1 aliphatic heterocycles. The summed E-state index contributed by atoms with van der Waals surface area (Å²) in [4.78, 5) is 2.44. The minimum atomic E-state index is 0.412. The van der Waals surface area contributed by atoms with Crippen LogP contribution in [0.4, 0.5) is 0 Å². The quantitative estimate of drug-likeness (QED) is 0.900. The highest BCUT2D eigenvalue weighted by Gasteiger charge is 2.20. The third kappa shape index (κ3) is 2.65. The summed E-state index contributed by atoms with van der Waals surface area (Å²) in [5, 5.41) is 15.9.